The number of aromatic nitrogens is 1. The third-order valence-electron chi connectivity index (χ3n) is 6.06. The number of H-pyrrole nitrogens is 1. The molecule has 5 heteroatoms. The summed E-state index contributed by atoms with van der Waals surface area (Å²) < 4.78 is 0. The van der Waals surface area contributed by atoms with Crippen molar-refractivity contribution in [3.63, 3.8) is 0 Å². The number of nitrogens with zero attached hydrogens (tertiary/aromatic N) is 2. The highest BCUT2D eigenvalue weighted by atomic mass is 16.2. The van der Waals surface area contributed by atoms with Crippen LogP contribution in [-0.2, 0) is 17.8 Å². The molecule has 0 saturated carbocycles. The van der Waals surface area contributed by atoms with Crippen molar-refractivity contribution in [3.8, 4) is 0 Å². The number of carbonyl (C=O) groups excluding carboxylic acids is 1. The average Bonchev–Trinajstić information content (AvgIpc) is 3.13. The number of rotatable bonds is 3. The summed E-state index contributed by atoms with van der Waals surface area (Å²) in [6, 6.07) is 16.5. The van der Waals surface area contributed by atoms with Crippen LogP contribution in [0.1, 0.15) is 16.7 Å². The highest BCUT2D eigenvalue weighted by Gasteiger charge is 2.36. The molecule has 1 amide bonds. The lowest BCUT2D eigenvalue weighted by Gasteiger charge is -2.40. The lowest BCUT2D eigenvalue weighted by Crippen LogP contribution is -2.49. The number of likely N-dealkylation sites (N-methyl/N-ethyl adjacent to an activating group) is 1. The first-order chi connectivity index (χ1) is 13.6. The first-order valence-electron chi connectivity index (χ1n) is 9.73. The first kappa shape index (κ1) is 17.2. The second-order valence-corrected chi connectivity index (χ2v) is 7.88. The van der Waals surface area contributed by atoms with Gasteiger partial charge in [-0.05, 0) is 41.8 Å². The minimum Gasteiger partial charge on any atom is -0.361 e. The van der Waals surface area contributed by atoms with E-state index in [1.165, 1.54) is 27.1 Å². The Kier molecular flexibility index (Phi) is 4.07. The van der Waals surface area contributed by atoms with Crippen molar-refractivity contribution in [2.75, 3.05) is 13.6 Å². The lowest BCUT2D eigenvalue weighted by atomic mass is 9.80. The zero-order valence-electron chi connectivity index (χ0n) is 15.9. The van der Waals surface area contributed by atoms with E-state index in [-0.39, 0.29) is 11.8 Å². The summed E-state index contributed by atoms with van der Waals surface area (Å²) in [6.45, 7) is 1.11. The fraction of sp³-hybridized carbons (Fsp3) is 0.261. The third kappa shape index (κ3) is 2.75. The molecule has 142 valence electrons. The summed E-state index contributed by atoms with van der Waals surface area (Å²) in [5.74, 6) is 5.89. The molecule has 2 atom stereocenters. The predicted molar refractivity (Wildman–Crippen MR) is 111 cm³/mol. The van der Waals surface area contributed by atoms with Crippen LogP contribution in [0.25, 0.3) is 16.5 Å². The molecule has 0 spiro atoms. The Bertz CT molecular complexity index is 1070. The van der Waals surface area contributed by atoms with Gasteiger partial charge in [-0.2, -0.15) is 0 Å². The van der Waals surface area contributed by atoms with Gasteiger partial charge in [0.15, 0.2) is 0 Å². The van der Waals surface area contributed by atoms with E-state index < -0.39 is 0 Å². The maximum Gasteiger partial charge on any atom is 0.245 e. The summed E-state index contributed by atoms with van der Waals surface area (Å²) in [5, 5.41) is 2.65. The number of hydrogen-bond donors (Lipinski definition) is 2. The van der Waals surface area contributed by atoms with Crippen LogP contribution < -0.4 is 5.84 Å². The van der Waals surface area contributed by atoms with E-state index in [4.69, 9.17) is 5.84 Å². The van der Waals surface area contributed by atoms with Gasteiger partial charge in [-0.25, -0.2) is 5.84 Å². The van der Waals surface area contributed by atoms with Gasteiger partial charge in [0.05, 0.1) is 12.5 Å². The number of benzene rings is 2. The minimum absolute atomic E-state index is 0.0336. The summed E-state index contributed by atoms with van der Waals surface area (Å²) in [6.07, 6.45) is 5.25. The Hall–Kier alpha value is -2.89. The molecule has 5 nitrogen and oxygen atoms in total. The highest BCUT2D eigenvalue weighted by Crippen LogP contribution is 2.40. The fourth-order valence-corrected chi connectivity index (χ4v) is 4.68. The summed E-state index contributed by atoms with van der Waals surface area (Å²) in [7, 11) is 2.10. The molecule has 0 fully saturated rings. The molecule has 2 heterocycles. The number of aromatic amines is 1. The van der Waals surface area contributed by atoms with Gasteiger partial charge >= 0.3 is 0 Å². The molecule has 3 N–H and O–H groups in total. The van der Waals surface area contributed by atoms with E-state index in [1.807, 2.05) is 30.3 Å². The average molecular weight is 372 g/mol. The van der Waals surface area contributed by atoms with Crippen LogP contribution in [0.15, 0.2) is 60.8 Å². The Morgan fingerprint density at radius 1 is 1.21 bits per heavy atom. The van der Waals surface area contributed by atoms with Crippen molar-refractivity contribution in [1.29, 1.82) is 0 Å². The molecule has 28 heavy (non-hydrogen) atoms. The quantitative estimate of drug-likeness (QED) is 0.422. The largest absolute Gasteiger partial charge is 0.361 e. The van der Waals surface area contributed by atoms with E-state index in [2.05, 4.69) is 47.4 Å². The second-order valence-electron chi connectivity index (χ2n) is 7.88. The van der Waals surface area contributed by atoms with E-state index in [1.54, 1.807) is 0 Å². The number of hydrogen-bond acceptors (Lipinski definition) is 3. The van der Waals surface area contributed by atoms with Crippen molar-refractivity contribution in [2.45, 2.75) is 19.0 Å². The molecule has 5 rings (SSSR count). The molecule has 1 aromatic heterocycles. The molecule has 1 aliphatic carbocycles. The van der Waals surface area contributed by atoms with Crippen molar-refractivity contribution in [3.05, 3.63) is 77.5 Å². The van der Waals surface area contributed by atoms with Gasteiger partial charge < -0.3 is 4.98 Å². The van der Waals surface area contributed by atoms with E-state index in [0.717, 1.165) is 17.5 Å². The molecule has 2 aliphatic rings. The van der Waals surface area contributed by atoms with Gasteiger partial charge in [-0.1, -0.05) is 48.5 Å². The minimum atomic E-state index is -0.235. The normalized spacial score (nSPS) is 21.3. The van der Waals surface area contributed by atoms with Crippen molar-refractivity contribution >= 4 is 22.4 Å². The molecule has 0 bridgehead atoms. The van der Waals surface area contributed by atoms with E-state index in [0.29, 0.717) is 19.1 Å². The Morgan fingerprint density at radius 3 is 2.86 bits per heavy atom. The van der Waals surface area contributed by atoms with Crippen LogP contribution >= 0.6 is 0 Å². The van der Waals surface area contributed by atoms with E-state index in [9.17, 15) is 4.79 Å². The van der Waals surface area contributed by atoms with Crippen LogP contribution in [0.5, 0.6) is 0 Å². The molecular weight excluding hydrogens is 348 g/mol. The number of hydrazine groups is 1. The number of nitrogens with two attached hydrogens (primary N) is 1. The Morgan fingerprint density at radius 2 is 2.04 bits per heavy atom. The monoisotopic (exact) mass is 372 g/mol. The highest BCUT2D eigenvalue weighted by molar-refractivity contribution is 5.99. The Balaban J connectivity index is 1.47. The molecule has 0 radical (unpaired) electrons. The molecular formula is C23H24N4O. The van der Waals surface area contributed by atoms with Crippen molar-refractivity contribution in [1.82, 2.24) is 14.9 Å². The number of nitrogens with one attached hydrogen (secondary N) is 1. The van der Waals surface area contributed by atoms with E-state index >= 15 is 0 Å². The van der Waals surface area contributed by atoms with Gasteiger partial charge in [-0.15, -0.1) is 0 Å². The van der Waals surface area contributed by atoms with Gasteiger partial charge in [0.25, 0.3) is 0 Å². The molecule has 0 saturated heterocycles. The lowest BCUT2D eigenvalue weighted by molar-refractivity contribution is -0.135. The topological polar surface area (TPSA) is 65.4 Å². The van der Waals surface area contributed by atoms with Gasteiger partial charge in [0.1, 0.15) is 0 Å². The van der Waals surface area contributed by atoms with Crippen LogP contribution in [-0.4, -0.2) is 40.4 Å². The van der Waals surface area contributed by atoms with Crippen LogP contribution in [0.3, 0.4) is 0 Å². The maximum absolute atomic E-state index is 13.1. The van der Waals surface area contributed by atoms with Crippen LogP contribution in [0.4, 0.5) is 0 Å². The van der Waals surface area contributed by atoms with Crippen molar-refractivity contribution in [2.24, 2.45) is 11.8 Å². The van der Waals surface area contributed by atoms with Crippen LogP contribution in [0, 0.1) is 5.92 Å². The summed E-state index contributed by atoms with van der Waals surface area (Å²) in [4.78, 5) is 18.8. The maximum atomic E-state index is 13.1. The van der Waals surface area contributed by atoms with Crippen LogP contribution in [0.2, 0.25) is 0 Å². The fourth-order valence-electron chi connectivity index (χ4n) is 4.68. The van der Waals surface area contributed by atoms with Gasteiger partial charge in [0.2, 0.25) is 5.91 Å². The SMILES string of the molecule is CN1C[C@@H](C(=O)N(N)Cc2ccccc2)C=C2c3cccc4[nH]cc(c34)C[C@H]21. The first-order valence-corrected chi connectivity index (χ1v) is 9.73. The second kappa shape index (κ2) is 6.62. The summed E-state index contributed by atoms with van der Waals surface area (Å²) in [5.41, 5.74) is 6.03. The predicted octanol–water partition coefficient (Wildman–Crippen LogP) is 2.94. The molecule has 2 aromatic carbocycles. The molecule has 1 aliphatic heterocycles. The number of carbonyl (C=O) groups is 1. The number of fused-ring (bicyclic) bond motifs is 2. The van der Waals surface area contributed by atoms with Gasteiger partial charge in [0, 0.05) is 29.7 Å². The number of amides is 1. The zero-order chi connectivity index (χ0) is 19.3. The Labute approximate surface area is 164 Å². The smallest absolute Gasteiger partial charge is 0.245 e. The van der Waals surface area contributed by atoms with Gasteiger partial charge in [-0.3, -0.25) is 14.7 Å². The zero-order valence-corrected chi connectivity index (χ0v) is 15.9. The third-order valence-corrected chi connectivity index (χ3v) is 6.06. The molecule has 0 unspecified atom stereocenters. The standard InChI is InChI=1S/C23H24N4O/c1-26-14-17(23(28)27(24)13-15-6-3-2-4-7-15)10-19-18-8-5-9-20-22(18)16(12-25-20)11-21(19)26/h2-10,12,17,21,25H,11,13-14,24H2,1H3/t17-,21+/m0/s1. The van der Waals surface area contributed by atoms with Crippen molar-refractivity contribution < 1.29 is 4.79 Å². The molecule has 3 aromatic rings. The summed E-state index contributed by atoms with van der Waals surface area (Å²) >= 11 is 0.